The van der Waals surface area contributed by atoms with Crippen LogP contribution >= 0.6 is 0 Å². The highest BCUT2D eigenvalue weighted by Crippen LogP contribution is 2.10. The van der Waals surface area contributed by atoms with Gasteiger partial charge in [0, 0.05) is 13.2 Å². The minimum atomic E-state index is -0.456. The Morgan fingerprint density at radius 3 is 2.80 bits per heavy atom. The van der Waals surface area contributed by atoms with Gasteiger partial charge in [-0.1, -0.05) is 0 Å². The van der Waals surface area contributed by atoms with Crippen LogP contribution in [0.3, 0.4) is 0 Å². The van der Waals surface area contributed by atoms with Crippen LogP contribution in [0.4, 0.5) is 4.79 Å². The van der Waals surface area contributed by atoms with Gasteiger partial charge in [-0.2, -0.15) is 0 Å². The van der Waals surface area contributed by atoms with Crippen LogP contribution in [0.1, 0.15) is 27.2 Å². The van der Waals surface area contributed by atoms with Crippen molar-refractivity contribution in [1.82, 2.24) is 10.9 Å². The molecule has 1 aliphatic heterocycles. The van der Waals surface area contributed by atoms with Gasteiger partial charge in [0.15, 0.2) is 0 Å². The van der Waals surface area contributed by atoms with Crippen LogP contribution in [0.25, 0.3) is 0 Å². The van der Waals surface area contributed by atoms with E-state index in [0.717, 1.165) is 26.2 Å². The van der Waals surface area contributed by atoms with Gasteiger partial charge in [0.25, 0.3) is 0 Å². The molecule has 0 aliphatic carbocycles. The predicted molar refractivity (Wildman–Crippen MR) is 56.3 cm³/mol. The highest BCUT2D eigenvalue weighted by molar-refractivity contribution is 5.66. The maximum absolute atomic E-state index is 11.2. The number of rotatable bonds is 3. The van der Waals surface area contributed by atoms with Gasteiger partial charge in [0.1, 0.15) is 5.60 Å². The lowest BCUT2D eigenvalue weighted by molar-refractivity contribution is 0.0494. The summed E-state index contributed by atoms with van der Waals surface area (Å²) in [5.41, 5.74) is 4.89. The number of hydrazine groups is 1. The third-order valence-electron chi connectivity index (χ3n) is 2.00. The summed E-state index contributed by atoms with van der Waals surface area (Å²) in [6.45, 7) is 7.80. The van der Waals surface area contributed by atoms with Crippen molar-refractivity contribution >= 4 is 6.09 Å². The minimum Gasteiger partial charge on any atom is -0.443 e. The molecule has 0 aromatic rings. The van der Waals surface area contributed by atoms with Crippen molar-refractivity contribution < 1.29 is 14.3 Å². The molecule has 0 unspecified atom stereocenters. The molecule has 15 heavy (non-hydrogen) atoms. The van der Waals surface area contributed by atoms with Gasteiger partial charge in [0.2, 0.25) is 0 Å². The van der Waals surface area contributed by atoms with Gasteiger partial charge < -0.3 is 9.47 Å². The molecular weight excluding hydrogens is 196 g/mol. The molecular formula is C10H20N2O3. The third-order valence-corrected chi connectivity index (χ3v) is 2.00. The first-order valence-electron chi connectivity index (χ1n) is 5.27. The molecule has 1 saturated heterocycles. The Hall–Kier alpha value is -0.810. The van der Waals surface area contributed by atoms with E-state index in [1.54, 1.807) is 0 Å². The number of amides is 1. The first-order chi connectivity index (χ1) is 6.97. The Labute approximate surface area is 90.5 Å². The second-order valence-corrected chi connectivity index (χ2v) is 4.74. The van der Waals surface area contributed by atoms with Crippen LogP contribution in [0.15, 0.2) is 0 Å². The number of hydrogen-bond donors (Lipinski definition) is 2. The minimum absolute atomic E-state index is 0.443. The van der Waals surface area contributed by atoms with Gasteiger partial charge >= 0.3 is 6.09 Å². The second kappa shape index (κ2) is 5.32. The van der Waals surface area contributed by atoms with Crippen LogP contribution in [0.2, 0.25) is 0 Å². The van der Waals surface area contributed by atoms with Gasteiger partial charge in [0.05, 0.1) is 6.61 Å². The lowest BCUT2D eigenvalue weighted by atomic mass is 10.1. The Balaban J connectivity index is 2.06. The number of carbonyl (C=O) groups is 1. The highest BCUT2D eigenvalue weighted by atomic mass is 16.6. The van der Waals surface area contributed by atoms with E-state index in [1.807, 2.05) is 20.8 Å². The Kier molecular flexibility index (Phi) is 4.35. The summed E-state index contributed by atoms with van der Waals surface area (Å²) in [5.74, 6) is 0.486. The molecule has 0 aromatic heterocycles. The van der Waals surface area contributed by atoms with E-state index < -0.39 is 11.7 Å². The average molecular weight is 216 g/mol. The monoisotopic (exact) mass is 216 g/mol. The fourth-order valence-corrected chi connectivity index (χ4v) is 1.32. The van der Waals surface area contributed by atoms with Gasteiger partial charge in [-0.25, -0.2) is 10.2 Å². The maximum atomic E-state index is 11.2. The first kappa shape index (κ1) is 12.3. The van der Waals surface area contributed by atoms with E-state index >= 15 is 0 Å². The van der Waals surface area contributed by atoms with Crippen molar-refractivity contribution in [2.24, 2.45) is 5.92 Å². The summed E-state index contributed by atoms with van der Waals surface area (Å²) < 4.78 is 10.3. The Morgan fingerprint density at radius 1 is 1.53 bits per heavy atom. The molecule has 0 bridgehead atoms. The van der Waals surface area contributed by atoms with Crippen LogP contribution in [-0.2, 0) is 9.47 Å². The normalized spacial score (nSPS) is 21.4. The molecule has 1 rings (SSSR count). The SMILES string of the molecule is CC(C)(C)OC(=O)NNC[C@H]1CCOC1. The average Bonchev–Trinajstić information content (AvgIpc) is 2.53. The molecule has 1 fully saturated rings. The van der Waals surface area contributed by atoms with E-state index in [2.05, 4.69) is 10.9 Å². The number of ether oxygens (including phenoxy) is 2. The number of hydrogen-bond acceptors (Lipinski definition) is 4. The Morgan fingerprint density at radius 2 is 2.27 bits per heavy atom. The first-order valence-corrected chi connectivity index (χ1v) is 5.27. The highest BCUT2D eigenvalue weighted by Gasteiger charge is 2.17. The van der Waals surface area contributed by atoms with Crippen molar-refractivity contribution in [3.05, 3.63) is 0 Å². The van der Waals surface area contributed by atoms with E-state index in [-0.39, 0.29) is 0 Å². The molecule has 1 heterocycles. The largest absolute Gasteiger partial charge is 0.443 e. The molecule has 1 amide bonds. The summed E-state index contributed by atoms with van der Waals surface area (Å²) in [4.78, 5) is 11.2. The molecule has 0 radical (unpaired) electrons. The summed E-state index contributed by atoms with van der Waals surface area (Å²) >= 11 is 0. The van der Waals surface area contributed by atoms with Gasteiger partial charge in [-0.05, 0) is 33.1 Å². The Bertz CT molecular complexity index is 207. The maximum Gasteiger partial charge on any atom is 0.422 e. The summed E-state index contributed by atoms with van der Waals surface area (Å²) in [5, 5.41) is 0. The van der Waals surface area contributed by atoms with Crippen LogP contribution < -0.4 is 10.9 Å². The molecule has 1 aliphatic rings. The quantitative estimate of drug-likeness (QED) is 0.692. The predicted octanol–water partition coefficient (Wildman–Crippen LogP) is 1.05. The zero-order chi connectivity index (χ0) is 11.3. The van der Waals surface area contributed by atoms with Crippen molar-refractivity contribution in [3.63, 3.8) is 0 Å². The molecule has 5 nitrogen and oxygen atoms in total. The fraction of sp³-hybridized carbons (Fsp3) is 0.900. The van der Waals surface area contributed by atoms with Crippen LogP contribution in [0.5, 0.6) is 0 Å². The van der Waals surface area contributed by atoms with Crippen molar-refractivity contribution in [2.75, 3.05) is 19.8 Å². The lowest BCUT2D eigenvalue weighted by Crippen LogP contribution is -2.43. The fourth-order valence-electron chi connectivity index (χ4n) is 1.32. The van der Waals surface area contributed by atoms with Crippen molar-refractivity contribution in [3.8, 4) is 0 Å². The topological polar surface area (TPSA) is 59.6 Å². The molecule has 1 atom stereocenters. The third kappa shape index (κ3) is 5.59. The zero-order valence-corrected chi connectivity index (χ0v) is 9.63. The van der Waals surface area contributed by atoms with E-state index in [1.165, 1.54) is 0 Å². The molecule has 5 heteroatoms. The van der Waals surface area contributed by atoms with Crippen LogP contribution in [-0.4, -0.2) is 31.5 Å². The smallest absolute Gasteiger partial charge is 0.422 e. The molecule has 0 spiro atoms. The second-order valence-electron chi connectivity index (χ2n) is 4.74. The van der Waals surface area contributed by atoms with Crippen molar-refractivity contribution in [2.45, 2.75) is 32.8 Å². The van der Waals surface area contributed by atoms with Gasteiger partial charge in [-0.15, -0.1) is 0 Å². The number of nitrogens with one attached hydrogen (secondary N) is 2. The van der Waals surface area contributed by atoms with E-state index in [4.69, 9.17) is 9.47 Å². The van der Waals surface area contributed by atoms with E-state index in [0.29, 0.717) is 5.92 Å². The van der Waals surface area contributed by atoms with Crippen LogP contribution in [0, 0.1) is 5.92 Å². The van der Waals surface area contributed by atoms with E-state index in [9.17, 15) is 4.79 Å². The zero-order valence-electron chi connectivity index (χ0n) is 9.63. The van der Waals surface area contributed by atoms with Crippen molar-refractivity contribution in [1.29, 1.82) is 0 Å². The summed E-state index contributed by atoms with van der Waals surface area (Å²) in [6, 6.07) is 0. The molecule has 2 N–H and O–H groups in total. The number of carbonyl (C=O) groups excluding carboxylic acids is 1. The summed E-state index contributed by atoms with van der Waals surface area (Å²) in [7, 11) is 0. The molecule has 0 saturated carbocycles. The van der Waals surface area contributed by atoms with Gasteiger partial charge in [-0.3, -0.25) is 5.43 Å². The molecule has 88 valence electrons. The lowest BCUT2D eigenvalue weighted by Gasteiger charge is -2.20. The standard InChI is InChI=1S/C10H20N2O3/c1-10(2,3)15-9(13)12-11-6-8-4-5-14-7-8/h8,11H,4-7H2,1-3H3,(H,12,13)/t8-/m1/s1. The molecule has 0 aromatic carbocycles. The summed E-state index contributed by atoms with van der Waals surface area (Å²) in [6.07, 6.45) is 0.602.